The predicted molar refractivity (Wildman–Crippen MR) is 259 cm³/mol. The average Bonchev–Trinajstić information content (AvgIpc) is 4.16. The Balaban J connectivity index is 0.000000181. The number of anilines is 4. The molecule has 0 radical (unpaired) electrons. The number of imidazole rings is 2. The summed E-state index contributed by atoms with van der Waals surface area (Å²) in [4.78, 5) is 34.1. The first kappa shape index (κ1) is 45.5. The van der Waals surface area contributed by atoms with E-state index in [1.54, 1.807) is 49.1 Å². The summed E-state index contributed by atoms with van der Waals surface area (Å²) in [5.74, 6) is 0.540. The highest BCUT2D eigenvalue weighted by atomic mass is 79.9. The first-order chi connectivity index (χ1) is 30.9. The summed E-state index contributed by atoms with van der Waals surface area (Å²) in [6, 6.07) is 23.2. The van der Waals surface area contributed by atoms with E-state index in [-0.39, 0.29) is 11.8 Å². The van der Waals surface area contributed by atoms with Gasteiger partial charge in [-0.25, -0.2) is 19.0 Å². The number of nitrogens with zero attached hydrogens (tertiary/aromatic N) is 6. The first-order valence-electron chi connectivity index (χ1n) is 21.6. The number of fused-ring (bicyclic) bond motifs is 2. The molecule has 4 heterocycles. The number of aromatic nitrogens is 6. The van der Waals surface area contributed by atoms with Crippen LogP contribution in [0.1, 0.15) is 85.2 Å². The largest absolute Gasteiger partial charge is 0.389 e. The molecule has 0 saturated heterocycles. The highest BCUT2D eigenvalue weighted by Crippen LogP contribution is 2.31. The second kappa shape index (κ2) is 18.4. The summed E-state index contributed by atoms with van der Waals surface area (Å²) in [7, 11) is 0. The Morgan fingerprint density at radius 1 is 0.692 bits per heavy atom. The van der Waals surface area contributed by atoms with Crippen LogP contribution in [-0.4, -0.2) is 87.6 Å². The standard InChI is InChI=1S/C27H29ClN6O2.C21H24BrN5O2/c1-16-12-17(4-11-21(16)26(35)32-20-9-10-20)23-14-29-25-22(30-15-27(2,3)36)13-24(33-34(23)25)31-19-7-5-18(28)6-8-19;1-12-8-13(4-7-15(12)20(28)25-14-5-6-14)17-10-23-19-16(24-11-21(2,3)29)9-18(22)26-27(17)19/h4-8,11-14,20,30,36H,9-10,15H2,1-3H3,(H,31,33)(H,32,35);4,7-10,14,24,29H,5-6,11H2,1-3H3,(H,25,28). The number of aliphatic hydroxyl groups is 2. The topological polar surface area (TPSA) is 195 Å². The fourth-order valence-electron chi connectivity index (χ4n) is 7.06. The second-order valence-corrected chi connectivity index (χ2v) is 19.3. The molecule has 338 valence electrons. The lowest BCUT2D eigenvalue weighted by molar-refractivity contribution is 0.0939. The number of rotatable bonds is 14. The average molecular weight is 963 g/mol. The quantitative estimate of drug-likeness (QED) is 0.0551. The summed E-state index contributed by atoms with van der Waals surface area (Å²) in [5, 5.41) is 46.2. The molecule has 0 bridgehead atoms. The summed E-state index contributed by atoms with van der Waals surface area (Å²) < 4.78 is 4.18. The number of carbonyl (C=O) groups is 2. The normalized spacial score (nSPS) is 13.9. The van der Waals surface area contributed by atoms with Crippen LogP contribution < -0.4 is 26.6 Å². The number of nitrogens with one attached hydrogen (secondary N) is 5. The van der Waals surface area contributed by atoms with Crippen LogP contribution in [0.15, 0.2) is 89.8 Å². The van der Waals surface area contributed by atoms with Crippen molar-refractivity contribution >= 4 is 73.5 Å². The number of aryl methyl sites for hydroxylation is 2. The van der Waals surface area contributed by atoms with Crippen molar-refractivity contribution < 1.29 is 19.8 Å². The Hall–Kier alpha value is -6.07. The lowest BCUT2D eigenvalue weighted by Crippen LogP contribution is -2.29. The molecule has 9 rings (SSSR count). The van der Waals surface area contributed by atoms with Crippen LogP contribution in [-0.2, 0) is 0 Å². The van der Waals surface area contributed by atoms with Crippen LogP contribution in [0.5, 0.6) is 0 Å². The third-order valence-corrected chi connectivity index (χ3v) is 11.4. The minimum atomic E-state index is -0.909. The Bertz CT molecular complexity index is 2890. The van der Waals surface area contributed by atoms with E-state index < -0.39 is 11.2 Å². The molecule has 2 aliphatic rings. The lowest BCUT2D eigenvalue weighted by atomic mass is 10.0. The maximum Gasteiger partial charge on any atom is 0.251 e. The zero-order valence-corrected chi connectivity index (χ0v) is 39.5. The monoisotopic (exact) mass is 961 g/mol. The summed E-state index contributed by atoms with van der Waals surface area (Å²) >= 11 is 9.49. The van der Waals surface area contributed by atoms with Crippen molar-refractivity contribution in [1.29, 1.82) is 0 Å². The van der Waals surface area contributed by atoms with Crippen molar-refractivity contribution in [2.45, 2.75) is 90.5 Å². The van der Waals surface area contributed by atoms with Crippen molar-refractivity contribution in [1.82, 2.24) is 39.8 Å². The summed E-state index contributed by atoms with van der Waals surface area (Å²) in [6.07, 6.45) is 7.76. The van der Waals surface area contributed by atoms with Gasteiger partial charge < -0.3 is 36.8 Å². The zero-order chi connectivity index (χ0) is 46.2. The highest BCUT2D eigenvalue weighted by molar-refractivity contribution is 9.10. The number of hydrogen-bond acceptors (Lipinski definition) is 11. The molecule has 0 spiro atoms. The SMILES string of the molecule is Cc1cc(-c2cnc3c(NCC(C)(C)O)cc(Br)nn23)ccc1C(=O)NC1CC1.Cc1cc(-c2cnc3c(NCC(C)(C)O)cc(Nc4ccc(Cl)cc4)nn23)ccc1C(=O)NC1CC1. The molecule has 0 unspecified atom stereocenters. The van der Waals surface area contributed by atoms with Crippen LogP contribution >= 0.6 is 27.5 Å². The van der Waals surface area contributed by atoms with Gasteiger partial charge >= 0.3 is 0 Å². The van der Waals surface area contributed by atoms with E-state index in [1.807, 2.05) is 86.6 Å². The van der Waals surface area contributed by atoms with Gasteiger partial charge in [-0.2, -0.15) is 5.10 Å². The Kier molecular flexibility index (Phi) is 12.9. The van der Waals surface area contributed by atoms with Crippen LogP contribution in [0.4, 0.5) is 22.9 Å². The van der Waals surface area contributed by atoms with Crippen LogP contribution in [0.25, 0.3) is 33.8 Å². The van der Waals surface area contributed by atoms with Gasteiger partial charge in [-0.15, -0.1) is 5.10 Å². The van der Waals surface area contributed by atoms with Crippen molar-refractivity contribution in [2.75, 3.05) is 29.0 Å². The zero-order valence-electron chi connectivity index (χ0n) is 37.1. The maximum atomic E-state index is 12.6. The van der Waals surface area contributed by atoms with Gasteiger partial charge in [-0.05, 0) is 149 Å². The molecule has 17 heteroatoms. The number of amides is 2. The van der Waals surface area contributed by atoms with Gasteiger partial charge in [-0.1, -0.05) is 23.7 Å². The molecule has 2 saturated carbocycles. The van der Waals surface area contributed by atoms with Crippen molar-refractivity contribution in [3.8, 4) is 22.5 Å². The molecule has 7 aromatic rings. The van der Waals surface area contributed by atoms with Gasteiger partial charge in [0.25, 0.3) is 11.8 Å². The van der Waals surface area contributed by atoms with E-state index in [1.165, 1.54) is 0 Å². The molecule has 65 heavy (non-hydrogen) atoms. The van der Waals surface area contributed by atoms with Crippen molar-refractivity contribution in [3.05, 3.63) is 117 Å². The van der Waals surface area contributed by atoms with Gasteiger partial charge in [-0.3, -0.25) is 9.59 Å². The van der Waals surface area contributed by atoms with E-state index >= 15 is 0 Å². The lowest BCUT2D eigenvalue weighted by Gasteiger charge is -2.19. The molecular weight excluding hydrogens is 910 g/mol. The van der Waals surface area contributed by atoms with Gasteiger partial charge in [0, 0.05) is 64.2 Å². The number of carbonyl (C=O) groups excluding carboxylic acids is 2. The number of hydrogen-bond donors (Lipinski definition) is 7. The molecule has 15 nitrogen and oxygen atoms in total. The first-order valence-corrected chi connectivity index (χ1v) is 22.8. The van der Waals surface area contributed by atoms with Gasteiger partial charge in [0.15, 0.2) is 17.1 Å². The van der Waals surface area contributed by atoms with E-state index in [0.29, 0.717) is 63.0 Å². The molecule has 0 atom stereocenters. The minimum Gasteiger partial charge on any atom is -0.389 e. The molecule has 0 aliphatic heterocycles. The molecule has 2 amide bonds. The van der Waals surface area contributed by atoms with E-state index in [9.17, 15) is 19.8 Å². The van der Waals surface area contributed by atoms with E-state index in [0.717, 1.165) is 76.4 Å². The smallest absolute Gasteiger partial charge is 0.251 e. The predicted octanol–water partition coefficient (Wildman–Crippen LogP) is 8.72. The fourth-order valence-corrected chi connectivity index (χ4v) is 7.58. The molecule has 4 aromatic heterocycles. The minimum absolute atomic E-state index is 0.0198. The molecular formula is C48H53BrClN11O4. The van der Waals surface area contributed by atoms with Crippen LogP contribution in [0.3, 0.4) is 0 Å². The van der Waals surface area contributed by atoms with Crippen LogP contribution in [0.2, 0.25) is 5.02 Å². The maximum absolute atomic E-state index is 12.6. The van der Waals surface area contributed by atoms with Gasteiger partial charge in [0.2, 0.25) is 0 Å². The van der Waals surface area contributed by atoms with E-state index in [2.05, 4.69) is 57.6 Å². The van der Waals surface area contributed by atoms with E-state index in [4.69, 9.17) is 16.7 Å². The Morgan fingerprint density at radius 3 is 1.60 bits per heavy atom. The molecule has 3 aromatic carbocycles. The highest BCUT2D eigenvalue weighted by Gasteiger charge is 2.26. The second-order valence-electron chi connectivity index (χ2n) is 18.1. The Labute approximate surface area is 390 Å². The molecule has 2 aliphatic carbocycles. The van der Waals surface area contributed by atoms with Crippen LogP contribution in [0, 0.1) is 13.8 Å². The molecule has 7 N–H and O–H groups in total. The summed E-state index contributed by atoms with van der Waals surface area (Å²) in [5.41, 5.74) is 8.47. The third-order valence-electron chi connectivity index (χ3n) is 10.8. The summed E-state index contributed by atoms with van der Waals surface area (Å²) in [6.45, 7) is 11.6. The van der Waals surface area contributed by atoms with Crippen molar-refractivity contribution in [2.24, 2.45) is 0 Å². The third kappa shape index (κ3) is 11.4. The van der Waals surface area contributed by atoms with Gasteiger partial charge in [0.1, 0.15) is 4.60 Å². The molecule has 2 fully saturated rings. The number of halogens is 2. The number of benzene rings is 3. The fraction of sp³-hybridized carbons (Fsp3) is 0.333. The Morgan fingerprint density at radius 2 is 1.15 bits per heavy atom. The van der Waals surface area contributed by atoms with Crippen molar-refractivity contribution in [3.63, 3.8) is 0 Å². The van der Waals surface area contributed by atoms with Gasteiger partial charge in [0.05, 0.1) is 46.4 Å².